The number of aliphatic hydroxyl groups is 2. The molecule has 0 saturated carbocycles. The third kappa shape index (κ3) is 8.12. The Bertz CT molecular complexity index is 1240. The summed E-state index contributed by atoms with van der Waals surface area (Å²) in [5.74, 6) is -0.550. The van der Waals surface area contributed by atoms with E-state index in [-0.39, 0.29) is 26.6 Å². The molecule has 1 atom stereocenters. The highest BCUT2D eigenvalue weighted by atomic mass is 32.2. The third-order valence-electron chi connectivity index (χ3n) is 5.10. The second-order valence-corrected chi connectivity index (χ2v) is 11.3. The van der Waals surface area contributed by atoms with Gasteiger partial charge in [-0.1, -0.05) is 24.3 Å². The molecule has 0 fully saturated rings. The van der Waals surface area contributed by atoms with Crippen LogP contribution < -0.4 is 9.84 Å². The molecule has 11 heteroatoms. The number of anilines is 1. The van der Waals surface area contributed by atoms with Crippen molar-refractivity contribution in [2.45, 2.75) is 26.1 Å². The zero-order valence-corrected chi connectivity index (χ0v) is 21.7. The van der Waals surface area contributed by atoms with Gasteiger partial charge in [0.15, 0.2) is 0 Å². The zero-order chi connectivity index (χ0) is 26.1. The quantitative estimate of drug-likeness (QED) is 0.132. The lowest BCUT2D eigenvalue weighted by atomic mass is 10.1. The van der Waals surface area contributed by atoms with Gasteiger partial charge in [-0.3, -0.25) is 0 Å². The maximum atomic E-state index is 12.4. The van der Waals surface area contributed by atoms with E-state index in [9.17, 15) is 18.3 Å². The fourth-order valence-electron chi connectivity index (χ4n) is 3.42. The highest BCUT2D eigenvalue weighted by molar-refractivity contribution is 7.92. The van der Waals surface area contributed by atoms with E-state index >= 15 is 0 Å². The Morgan fingerprint density at radius 1 is 1.14 bits per heavy atom. The Morgan fingerprint density at radius 2 is 1.89 bits per heavy atom. The van der Waals surface area contributed by atoms with Gasteiger partial charge in [0.1, 0.15) is 13.3 Å². The van der Waals surface area contributed by atoms with E-state index < -0.39 is 22.1 Å². The minimum atomic E-state index is -3.67. The SMILES string of the molecule is Cc1ccc(CC(O)c2ccc(N(NCOCc3cccc(C(=O)OCCO)c3)S(C)(=O)=O)cc2)s1. The van der Waals surface area contributed by atoms with Gasteiger partial charge in [-0.05, 0) is 54.4 Å². The summed E-state index contributed by atoms with van der Waals surface area (Å²) in [5, 5.41) is 19.3. The lowest BCUT2D eigenvalue weighted by molar-refractivity contribution is 0.0433. The molecule has 0 aliphatic carbocycles. The van der Waals surface area contributed by atoms with Crippen LogP contribution in [0, 0.1) is 6.92 Å². The van der Waals surface area contributed by atoms with Crippen molar-refractivity contribution >= 4 is 33.0 Å². The molecule has 1 unspecified atom stereocenters. The molecule has 0 bridgehead atoms. The predicted molar refractivity (Wildman–Crippen MR) is 138 cm³/mol. The minimum absolute atomic E-state index is 0.0842. The van der Waals surface area contributed by atoms with Gasteiger partial charge in [0.2, 0.25) is 10.0 Å². The van der Waals surface area contributed by atoms with Gasteiger partial charge in [0, 0.05) is 16.2 Å². The topological polar surface area (TPSA) is 125 Å². The molecule has 1 heterocycles. The van der Waals surface area contributed by atoms with Crippen molar-refractivity contribution in [3.05, 3.63) is 87.1 Å². The highest BCUT2D eigenvalue weighted by Gasteiger charge is 2.18. The van der Waals surface area contributed by atoms with E-state index in [0.717, 1.165) is 15.5 Å². The molecule has 9 nitrogen and oxygen atoms in total. The van der Waals surface area contributed by atoms with Gasteiger partial charge in [0.05, 0.1) is 36.8 Å². The van der Waals surface area contributed by atoms with Gasteiger partial charge < -0.3 is 19.7 Å². The van der Waals surface area contributed by atoms with Crippen molar-refractivity contribution in [1.29, 1.82) is 0 Å². The minimum Gasteiger partial charge on any atom is -0.460 e. The molecule has 3 aromatic rings. The zero-order valence-electron chi connectivity index (χ0n) is 20.1. The lowest BCUT2D eigenvalue weighted by Crippen LogP contribution is -2.43. The molecular formula is C25H30N2O7S2. The number of esters is 1. The van der Waals surface area contributed by atoms with E-state index in [0.29, 0.717) is 28.8 Å². The molecule has 0 amide bonds. The number of thiophene rings is 1. The van der Waals surface area contributed by atoms with E-state index in [4.69, 9.17) is 14.6 Å². The first-order valence-corrected chi connectivity index (χ1v) is 13.9. The summed E-state index contributed by atoms with van der Waals surface area (Å²) in [4.78, 5) is 14.2. The molecule has 3 N–H and O–H groups in total. The Balaban J connectivity index is 1.57. The monoisotopic (exact) mass is 534 g/mol. The van der Waals surface area contributed by atoms with Crippen LogP contribution in [0.1, 0.15) is 37.3 Å². The van der Waals surface area contributed by atoms with Crippen LogP contribution in [-0.2, 0) is 32.5 Å². The number of aryl methyl sites for hydroxylation is 1. The smallest absolute Gasteiger partial charge is 0.338 e. The molecule has 194 valence electrons. The summed E-state index contributed by atoms with van der Waals surface area (Å²) >= 11 is 1.63. The summed E-state index contributed by atoms with van der Waals surface area (Å²) in [7, 11) is -3.67. The van der Waals surface area contributed by atoms with Crippen molar-refractivity contribution in [3.63, 3.8) is 0 Å². The Labute approximate surface area is 214 Å². The average Bonchev–Trinajstić information content (AvgIpc) is 3.26. The van der Waals surface area contributed by atoms with Crippen LogP contribution in [0.5, 0.6) is 0 Å². The fourth-order valence-corrected chi connectivity index (χ4v) is 5.14. The Morgan fingerprint density at radius 3 is 2.53 bits per heavy atom. The molecule has 0 spiro atoms. The first-order chi connectivity index (χ1) is 17.2. The standard InChI is InChI=1S/C25H30N2O7S2/c1-18-6-11-23(35-18)15-24(29)20-7-9-22(10-8-20)27(36(2,31)32)26-17-33-16-19-4-3-5-21(14-19)25(30)34-13-12-28/h3-11,14,24,26,28-29H,12-13,15-17H2,1-2H3. The van der Waals surface area contributed by atoms with Crippen LogP contribution in [-0.4, -0.2) is 50.8 Å². The number of sulfonamides is 1. The number of hydrogen-bond acceptors (Lipinski definition) is 9. The summed E-state index contributed by atoms with van der Waals surface area (Å²) in [6.07, 6.45) is 0.862. The summed E-state index contributed by atoms with van der Waals surface area (Å²) in [6, 6.07) is 17.3. The molecule has 0 aliphatic rings. The van der Waals surface area contributed by atoms with E-state index in [2.05, 4.69) is 5.43 Å². The maximum absolute atomic E-state index is 12.4. The second-order valence-electron chi connectivity index (χ2n) is 8.06. The number of hydrogen-bond donors (Lipinski definition) is 3. The van der Waals surface area contributed by atoms with E-state index in [1.54, 1.807) is 59.9 Å². The number of aliphatic hydroxyl groups excluding tert-OH is 2. The summed E-state index contributed by atoms with van der Waals surface area (Å²) in [6.45, 7) is 1.68. The number of nitrogens with zero attached hydrogens (tertiary/aromatic N) is 1. The number of ether oxygens (including phenoxy) is 2. The lowest BCUT2D eigenvalue weighted by Gasteiger charge is -2.23. The van der Waals surface area contributed by atoms with Gasteiger partial charge in [-0.25, -0.2) is 17.6 Å². The number of rotatable bonds is 13. The van der Waals surface area contributed by atoms with Crippen LogP contribution in [0.3, 0.4) is 0 Å². The van der Waals surface area contributed by atoms with Crippen molar-refractivity contribution in [1.82, 2.24) is 5.43 Å². The number of carbonyl (C=O) groups excluding carboxylic acids is 1. The van der Waals surface area contributed by atoms with Gasteiger partial charge in [-0.15, -0.1) is 11.3 Å². The van der Waals surface area contributed by atoms with Crippen LogP contribution in [0.15, 0.2) is 60.7 Å². The van der Waals surface area contributed by atoms with Gasteiger partial charge >= 0.3 is 5.97 Å². The summed E-state index contributed by atoms with van der Waals surface area (Å²) in [5.41, 5.74) is 4.83. The second kappa shape index (κ2) is 12.9. The molecule has 2 aromatic carbocycles. The Kier molecular flexibility index (Phi) is 9.99. The number of benzene rings is 2. The van der Waals surface area contributed by atoms with Crippen LogP contribution in [0.25, 0.3) is 0 Å². The van der Waals surface area contributed by atoms with Crippen molar-refractivity contribution in [2.75, 3.05) is 30.6 Å². The van der Waals surface area contributed by atoms with Crippen molar-refractivity contribution < 1.29 is 32.9 Å². The molecule has 0 aliphatic heterocycles. The number of hydrazine groups is 1. The first kappa shape index (κ1) is 27.8. The maximum Gasteiger partial charge on any atom is 0.338 e. The molecular weight excluding hydrogens is 504 g/mol. The molecule has 3 rings (SSSR count). The van der Waals surface area contributed by atoms with E-state index in [1.165, 1.54) is 4.88 Å². The van der Waals surface area contributed by atoms with Crippen molar-refractivity contribution in [3.8, 4) is 0 Å². The highest BCUT2D eigenvalue weighted by Crippen LogP contribution is 2.25. The third-order valence-corrected chi connectivity index (χ3v) is 7.13. The number of nitrogens with one attached hydrogen (secondary N) is 1. The normalized spacial score (nSPS) is 12.3. The molecule has 1 aromatic heterocycles. The Hall–Kier alpha value is -2.80. The average molecular weight is 535 g/mol. The van der Waals surface area contributed by atoms with Crippen LogP contribution in [0.4, 0.5) is 5.69 Å². The van der Waals surface area contributed by atoms with Crippen LogP contribution >= 0.6 is 11.3 Å². The molecule has 0 radical (unpaired) electrons. The van der Waals surface area contributed by atoms with E-state index in [1.807, 2.05) is 19.1 Å². The molecule has 0 saturated heterocycles. The number of carbonyl (C=O) groups is 1. The largest absolute Gasteiger partial charge is 0.460 e. The van der Waals surface area contributed by atoms with Gasteiger partial charge in [0.25, 0.3) is 0 Å². The van der Waals surface area contributed by atoms with Crippen molar-refractivity contribution in [2.24, 2.45) is 0 Å². The molecule has 36 heavy (non-hydrogen) atoms. The summed E-state index contributed by atoms with van der Waals surface area (Å²) < 4.78 is 36.2. The predicted octanol–water partition coefficient (Wildman–Crippen LogP) is 2.93. The van der Waals surface area contributed by atoms with Gasteiger partial charge in [-0.2, -0.15) is 5.43 Å². The van der Waals surface area contributed by atoms with Crippen LogP contribution in [0.2, 0.25) is 0 Å². The first-order valence-electron chi connectivity index (χ1n) is 11.2. The fraction of sp³-hybridized carbons (Fsp3) is 0.320.